The molecule has 1 heterocycles. The Morgan fingerprint density at radius 2 is 1.92 bits per heavy atom. The molecule has 0 unspecified atom stereocenters. The zero-order chi connectivity index (χ0) is 18.2. The lowest BCUT2D eigenvalue weighted by Gasteiger charge is -2.09. The lowest BCUT2D eigenvalue weighted by atomic mass is 10.2. The van der Waals surface area contributed by atoms with Crippen LogP contribution in [-0.2, 0) is 16.0 Å². The second-order valence-corrected chi connectivity index (χ2v) is 6.94. The molecule has 1 aromatic carbocycles. The number of carbonyl (C=O) groups excluding carboxylic acids is 2. The van der Waals surface area contributed by atoms with Crippen LogP contribution in [0, 0.1) is 0 Å². The molecular weight excluding hydrogens is 336 g/mol. The van der Waals surface area contributed by atoms with Gasteiger partial charge in [-0.2, -0.15) is 0 Å². The van der Waals surface area contributed by atoms with E-state index in [0.717, 1.165) is 34.9 Å². The van der Waals surface area contributed by atoms with E-state index >= 15 is 0 Å². The highest BCUT2D eigenvalue weighted by Gasteiger charge is 2.09. The molecule has 0 saturated carbocycles. The summed E-state index contributed by atoms with van der Waals surface area (Å²) in [6.45, 7) is 3.11. The van der Waals surface area contributed by atoms with E-state index in [4.69, 9.17) is 0 Å². The van der Waals surface area contributed by atoms with Crippen LogP contribution in [-0.4, -0.2) is 48.9 Å². The summed E-state index contributed by atoms with van der Waals surface area (Å²) in [5.74, 6) is -0.0995. The van der Waals surface area contributed by atoms with Gasteiger partial charge < -0.3 is 15.5 Å². The minimum Gasteiger partial charge on any atom is -0.356 e. The van der Waals surface area contributed by atoms with Gasteiger partial charge in [-0.3, -0.25) is 9.59 Å². The number of benzene rings is 1. The average molecular weight is 360 g/mol. The van der Waals surface area contributed by atoms with E-state index in [1.807, 2.05) is 43.7 Å². The summed E-state index contributed by atoms with van der Waals surface area (Å²) in [6, 6.07) is 7.51. The molecule has 0 aliphatic heterocycles. The lowest BCUT2D eigenvalue weighted by molar-refractivity contribution is -0.120. The van der Waals surface area contributed by atoms with E-state index < -0.39 is 0 Å². The molecule has 2 N–H and O–H groups in total. The molecule has 0 aliphatic carbocycles. The molecule has 0 aliphatic rings. The van der Waals surface area contributed by atoms with E-state index in [-0.39, 0.29) is 11.8 Å². The van der Waals surface area contributed by atoms with Crippen molar-refractivity contribution in [2.45, 2.75) is 19.8 Å². The molecule has 1 aromatic heterocycles. The fourth-order valence-corrected chi connectivity index (χ4v) is 3.10. The smallest absolute Gasteiger partial charge is 0.226 e. The van der Waals surface area contributed by atoms with Crippen LogP contribution in [0.1, 0.15) is 19.0 Å². The van der Waals surface area contributed by atoms with Crippen molar-refractivity contribution in [3.63, 3.8) is 0 Å². The number of rotatable bonds is 8. The van der Waals surface area contributed by atoms with Gasteiger partial charge >= 0.3 is 0 Å². The lowest BCUT2D eigenvalue weighted by Crippen LogP contribution is -2.28. The second kappa shape index (κ2) is 9.29. The number of aromatic nitrogens is 1. The number of nitrogens with one attached hydrogen (secondary N) is 2. The van der Waals surface area contributed by atoms with Gasteiger partial charge in [-0.25, -0.2) is 4.98 Å². The Labute approximate surface area is 152 Å². The van der Waals surface area contributed by atoms with E-state index in [1.54, 1.807) is 0 Å². The van der Waals surface area contributed by atoms with Crippen molar-refractivity contribution in [2.24, 2.45) is 0 Å². The van der Waals surface area contributed by atoms with Crippen molar-refractivity contribution in [3.8, 4) is 10.6 Å². The van der Waals surface area contributed by atoms with Crippen molar-refractivity contribution < 1.29 is 9.59 Å². The van der Waals surface area contributed by atoms with Crippen molar-refractivity contribution in [1.29, 1.82) is 0 Å². The number of thiazole rings is 1. The van der Waals surface area contributed by atoms with Crippen molar-refractivity contribution in [1.82, 2.24) is 15.2 Å². The molecule has 6 nitrogen and oxygen atoms in total. The van der Waals surface area contributed by atoms with Gasteiger partial charge in [0.2, 0.25) is 11.8 Å². The molecule has 0 radical (unpaired) electrons. The molecule has 0 fully saturated rings. The van der Waals surface area contributed by atoms with E-state index in [1.165, 1.54) is 18.3 Å². The first-order chi connectivity index (χ1) is 11.9. The topological polar surface area (TPSA) is 74.3 Å². The Balaban J connectivity index is 1.87. The third kappa shape index (κ3) is 6.64. The highest BCUT2D eigenvalue weighted by Crippen LogP contribution is 2.25. The average Bonchev–Trinajstić information content (AvgIpc) is 3.00. The van der Waals surface area contributed by atoms with Gasteiger partial charge in [0, 0.05) is 30.1 Å². The molecule has 7 heteroatoms. The molecular formula is C18H24N4O2S. The number of amides is 2. The van der Waals surface area contributed by atoms with E-state index in [9.17, 15) is 9.59 Å². The van der Waals surface area contributed by atoms with Gasteiger partial charge in [-0.1, -0.05) is 0 Å². The molecule has 2 rings (SSSR count). The largest absolute Gasteiger partial charge is 0.356 e. The van der Waals surface area contributed by atoms with Crippen LogP contribution in [0.25, 0.3) is 10.6 Å². The predicted octanol–water partition coefficient (Wildman–Crippen LogP) is 2.38. The number of carbonyl (C=O) groups is 2. The zero-order valence-corrected chi connectivity index (χ0v) is 15.7. The first-order valence-electron chi connectivity index (χ1n) is 8.18. The van der Waals surface area contributed by atoms with Crippen molar-refractivity contribution in [2.75, 3.05) is 32.5 Å². The molecule has 0 atom stereocenters. The number of hydrogen-bond donors (Lipinski definition) is 2. The summed E-state index contributed by atoms with van der Waals surface area (Å²) in [6.07, 6.45) is 1.23. The van der Waals surface area contributed by atoms with Crippen LogP contribution in [0.4, 0.5) is 5.69 Å². The number of hydrogen-bond acceptors (Lipinski definition) is 5. The molecule has 2 amide bonds. The van der Waals surface area contributed by atoms with Crippen molar-refractivity contribution in [3.05, 3.63) is 35.3 Å². The Hall–Kier alpha value is -2.25. The van der Waals surface area contributed by atoms with Gasteiger partial charge in [-0.05, 0) is 51.3 Å². The SMILES string of the molecule is CC(=O)Nc1ccc(-c2nc(CC(=O)NCCCN(C)C)cs2)cc1. The van der Waals surface area contributed by atoms with Crippen LogP contribution in [0.2, 0.25) is 0 Å². The first kappa shape index (κ1) is 19.1. The Morgan fingerprint density at radius 1 is 1.20 bits per heavy atom. The summed E-state index contributed by atoms with van der Waals surface area (Å²) in [5.41, 5.74) is 2.50. The summed E-state index contributed by atoms with van der Waals surface area (Å²) < 4.78 is 0. The highest BCUT2D eigenvalue weighted by molar-refractivity contribution is 7.13. The van der Waals surface area contributed by atoms with Gasteiger partial charge in [0.25, 0.3) is 0 Å². The minimum atomic E-state index is -0.0964. The third-order valence-corrected chi connectivity index (χ3v) is 4.39. The number of nitrogens with zero attached hydrogens (tertiary/aromatic N) is 2. The normalized spacial score (nSPS) is 10.7. The van der Waals surface area contributed by atoms with Gasteiger partial charge in [0.05, 0.1) is 12.1 Å². The summed E-state index contributed by atoms with van der Waals surface area (Å²) in [7, 11) is 4.03. The molecule has 0 saturated heterocycles. The fourth-order valence-electron chi connectivity index (χ4n) is 2.27. The molecule has 0 bridgehead atoms. The zero-order valence-electron chi connectivity index (χ0n) is 14.8. The quantitative estimate of drug-likeness (QED) is 0.709. The second-order valence-electron chi connectivity index (χ2n) is 6.09. The Morgan fingerprint density at radius 3 is 2.56 bits per heavy atom. The molecule has 0 spiro atoms. The Kier molecular flexibility index (Phi) is 7.09. The monoisotopic (exact) mass is 360 g/mol. The molecule has 134 valence electrons. The molecule has 25 heavy (non-hydrogen) atoms. The fraction of sp³-hybridized carbons (Fsp3) is 0.389. The Bertz CT molecular complexity index is 710. The van der Waals surface area contributed by atoms with Crippen LogP contribution in [0.15, 0.2) is 29.6 Å². The van der Waals surface area contributed by atoms with E-state index in [0.29, 0.717) is 13.0 Å². The predicted molar refractivity (Wildman–Crippen MR) is 102 cm³/mol. The maximum atomic E-state index is 11.9. The van der Waals surface area contributed by atoms with E-state index in [2.05, 4.69) is 20.5 Å². The van der Waals surface area contributed by atoms with Crippen LogP contribution < -0.4 is 10.6 Å². The molecule has 2 aromatic rings. The maximum Gasteiger partial charge on any atom is 0.226 e. The van der Waals surface area contributed by atoms with Crippen LogP contribution >= 0.6 is 11.3 Å². The standard InChI is InChI=1S/C18H24N4O2S/c1-13(23)20-15-7-5-14(6-8-15)18-21-16(12-25-18)11-17(24)19-9-4-10-22(2)3/h5-8,12H,4,9-11H2,1-3H3,(H,19,24)(H,20,23). The minimum absolute atomic E-state index is 0.00314. The summed E-state index contributed by atoms with van der Waals surface area (Å²) in [4.78, 5) is 29.6. The van der Waals surface area contributed by atoms with Crippen molar-refractivity contribution >= 4 is 28.8 Å². The highest BCUT2D eigenvalue weighted by atomic mass is 32.1. The number of anilines is 1. The van der Waals surface area contributed by atoms with Gasteiger partial charge in [0.1, 0.15) is 5.01 Å². The summed E-state index contributed by atoms with van der Waals surface area (Å²) in [5, 5.41) is 8.43. The van der Waals surface area contributed by atoms with Crippen LogP contribution in [0.5, 0.6) is 0 Å². The van der Waals surface area contributed by atoms with Crippen LogP contribution in [0.3, 0.4) is 0 Å². The summed E-state index contributed by atoms with van der Waals surface area (Å²) >= 11 is 1.51. The third-order valence-electron chi connectivity index (χ3n) is 3.45. The van der Waals surface area contributed by atoms with Gasteiger partial charge in [0.15, 0.2) is 0 Å². The maximum absolute atomic E-state index is 11.9. The first-order valence-corrected chi connectivity index (χ1v) is 9.06. The van der Waals surface area contributed by atoms with Gasteiger partial charge in [-0.15, -0.1) is 11.3 Å².